The molecule has 0 aliphatic heterocycles. The van der Waals surface area contributed by atoms with Crippen molar-refractivity contribution < 1.29 is 13.2 Å². The number of anilines is 1. The van der Waals surface area contributed by atoms with E-state index in [4.69, 9.17) is 5.73 Å². The maximum absolute atomic E-state index is 11.8. The number of nitrogen functional groups attached to an aromatic ring is 1. The normalized spacial score (nSPS) is 12.0. The third kappa shape index (κ3) is 4.98. The predicted octanol–water partition coefficient (Wildman–Crippen LogP) is 3.38. The molecular weight excluding hydrogens is 265 g/mol. The van der Waals surface area contributed by atoms with Crippen LogP contribution >= 0.6 is 34.9 Å². The summed E-state index contributed by atoms with van der Waals surface area (Å²) in [5.41, 5.74) is 2.12. The van der Waals surface area contributed by atoms with E-state index in [1.807, 2.05) is 0 Å². The summed E-state index contributed by atoms with van der Waals surface area (Å²) in [7, 11) is 0. The molecule has 15 heavy (non-hydrogen) atoms. The van der Waals surface area contributed by atoms with Crippen molar-refractivity contribution in [3.05, 3.63) is 5.69 Å². The van der Waals surface area contributed by atoms with Crippen LogP contribution in [-0.2, 0) is 0 Å². The zero-order chi connectivity index (χ0) is 11.5. The number of halogens is 3. The van der Waals surface area contributed by atoms with Crippen LogP contribution in [0.25, 0.3) is 0 Å². The van der Waals surface area contributed by atoms with Crippen LogP contribution in [0.15, 0.2) is 4.21 Å². The molecule has 1 rings (SSSR count). The molecule has 0 saturated carbocycles. The van der Waals surface area contributed by atoms with Crippen LogP contribution in [-0.4, -0.2) is 22.0 Å². The highest BCUT2D eigenvalue weighted by molar-refractivity contribution is 8.04. The molecule has 2 nitrogen and oxygen atoms in total. The summed E-state index contributed by atoms with van der Waals surface area (Å²) < 4.78 is 36.3. The van der Waals surface area contributed by atoms with Crippen molar-refractivity contribution in [3.8, 4) is 0 Å². The van der Waals surface area contributed by atoms with Gasteiger partial charge in [-0.3, -0.25) is 0 Å². The first-order chi connectivity index (χ1) is 6.88. The summed E-state index contributed by atoms with van der Waals surface area (Å²) in [4.78, 5) is 3.98. The van der Waals surface area contributed by atoms with Crippen LogP contribution in [0, 0.1) is 6.92 Å². The Morgan fingerprint density at radius 3 is 2.53 bits per heavy atom. The maximum atomic E-state index is 11.8. The topological polar surface area (TPSA) is 38.9 Å². The predicted molar refractivity (Wildman–Crippen MR) is 60.5 cm³/mol. The van der Waals surface area contributed by atoms with Gasteiger partial charge in [-0.05, 0) is 6.92 Å². The number of aromatic nitrogens is 1. The zero-order valence-corrected chi connectivity index (χ0v) is 10.2. The van der Waals surface area contributed by atoms with E-state index in [0.717, 1.165) is 9.90 Å². The van der Waals surface area contributed by atoms with Crippen LogP contribution in [0.5, 0.6) is 0 Å². The molecule has 86 valence electrons. The number of nitrogens with two attached hydrogens (primary N) is 1. The number of alkyl halides is 3. The fourth-order valence-corrected chi connectivity index (χ4v) is 3.47. The van der Waals surface area contributed by atoms with Crippen LogP contribution < -0.4 is 5.73 Å². The Kier molecular flexibility index (Phi) is 4.60. The lowest BCUT2D eigenvalue weighted by Gasteiger charge is -2.04. The number of hydrogen-bond donors (Lipinski definition) is 1. The Morgan fingerprint density at radius 2 is 2.07 bits per heavy atom. The van der Waals surface area contributed by atoms with Crippen molar-refractivity contribution in [2.75, 3.05) is 17.2 Å². The van der Waals surface area contributed by atoms with E-state index in [1.165, 1.54) is 23.1 Å². The highest BCUT2D eigenvalue weighted by atomic mass is 32.2. The van der Waals surface area contributed by atoms with Gasteiger partial charge in [-0.15, -0.1) is 11.8 Å². The van der Waals surface area contributed by atoms with Gasteiger partial charge in [0.25, 0.3) is 0 Å². The summed E-state index contributed by atoms with van der Waals surface area (Å²) in [5.74, 6) is 0.456. The molecule has 0 aromatic carbocycles. The Morgan fingerprint density at radius 1 is 1.40 bits per heavy atom. The Bertz CT molecular complexity index is 324. The van der Waals surface area contributed by atoms with Gasteiger partial charge < -0.3 is 5.73 Å². The zero-order valence-electron chi connectivity index (χ0n) is 7.80. The van der Waals surface area contributed by atoms with Gasteiger partial charge in [-0.1, -0.05) is 23.1 Å². The number of thioether (sulfide) groups is 2. The fraction of sp³-hybridized carbons (Fsp3) is 0.571. The molecule has 0 aliphatic carbocycles. The van der Waals surface area contributed by atoms with E-state index < -0.39 is 5.51 Å². The highest BCUT2D eigenvalue weighted by Gasteiger charge is 2.27. The van der Waals surface area contributed by atoms with Crippen molar-refractivity contribution in [1.29, 1.82) is 0 Å². The number of rotatable bonds is 4. The van der Waals surface area contributed by atoms with E-state index in [0.29, 0.717) is 10.9 Å². The van der Waals surface area contributed by atoms with Gasteiger partial charge >= 0.3 is 5.51 Å². The van der Waals surface area contributed by atoms with Gasteiger partial charge in [0.1, 0.15) is 0 Å². The molecule has 0 atom stereocenters. The summed E-state index contributed by atoms with van der Waals surface area (Å²) in [6.45, 7) is 1.80. The van der Waals surface area contributed by atoms with Gasteiger partial charge in [0.05, 0.1) is 9.90 Å². The number of aryl methyl sites for hydroxylation is 1. The molecule has 0 unspecified atom stereocenters. The Labute approximate surface area is 97.8 Å². The third-order valence-electron chi connectivity index (χ3n) is 1.35. The number of thiazole rings is 1. The summed E-state index contributed by atoms with van der Waals surface area (Å²) in [6.07, 6.45) is 0. The lowest BCUT2D eigenvalue weighted by molar-refractivity contribution is -0.0326. The Hall–Kier alpha value is -0.0800. The molecule has 8 heteroatoms. The van der Waals surface area contributed by atoms with Crippen LogP contribution in [0.2, 0.25) is 0 Å². The molecule has 0 saturated heterocycles. The van der Waals surface area contributed by atoms with E-state index >= 15 is 0 Å². The average Bonchev–Trinajstić information content (AvgIpc) is 2.37. The highest BCUT2D eigenvalue weighted by Crippen LogP contribution is 2.34. The minimum absolute atomic E-state index is 0.00239. The quantitative estimate of drug-likeness (QED) is 0.675. The first-order valence-electron chi connectivity index (χ1n) is 3.95. The summed E-state index contributed by atoms with van der Waals surface area (Å²) in [6, 6.07) is 0. The third-order valence-corrected chi connectivity index (χ3v) is 4.70. The molecule has 2 N–H and O–H groups in total. The fourth-order valence-electron chi connectivity index (χ4n) is 0.828. The second kappa shape index (κ2) is 5.31. The van der Waals surface area contributed by atoms with Crippen molar-refractivity contribution in [3.63, 3.8) is 0 Å². The average molecular weight is 274 g/mol. The monoisotopic (exact) mass is 274 g/mol. The molecule has 0 radical (unpaired) electrons. The minimum Gasteiger partial charge on any atom is -0.375 e. The first-order valence-corrected chi connectivity index (χ1v) is 6.73. The molecule has 0 amide bonds. The van der Waals surface area contributed by atoms with Crippen LogP contribution in [0.4, 0.5) is 18.3 Å². The smallest absolute Gasteiger partial charge is 0.375 e. The van der Waals surface area contributed by atoms with Crippen LogP contribution in [0.1, 0.15) is 5.69 Å². The standard InChI is InChI=1S/C7H9F3N2S3/c1-4-5(15-6(11)12-4)13-2-3-14-7(8,9)10/h2-3H2,1H3,(H2,11,12). The SMILES string of the molecule is Cc1nc(N)sc1SCCSC(F)(F)F. The minimum atomic E-state index is -4.14. The van der Waals surface area contributed by atoms with E-state index in [-0.39, 0.29) is 17.5 Å². The Balaban J connectivity index is 2.29. The van der Waals surface area contributed by atoms with Crippen molar-refractivity contribution in [2.45, 2.75) is 16.6 Å². The van der Waals surface area contributed by atoms with Gasteiger partial charge in [0.15, 0.2) is 5.13 Å². The van der Waals surface area contributed by atoms with Gasteiger partial charge in [-0.2, -0.15) is 13.2 Å². The molecule has 0 bridgehead atoms. The largest absolute Gasteiger partial charge is 0.441 e. The van der Waals surface area contributed by atoms with E-state index in [1.54, 1.807) is 6.92 Å². The molecule has 0 fully saturated rings. The molecule has 0 aliphatic rings. The van der Waals surface area contributed by atoms with Crippen molar-refractivity contribution in [1.82, 2.24) is 4.98 Å². The molecular formula is C7H9F3N2S3. The lowest BCUT2D eigenvalue weighted by atomic mass is 10.6. The molecule has 0 spiro atoms. The van der Waals surface area contributed by atoms with Crippen molar-refractivity contribution >= 4 is 40.0 Å². The summed E-state index contributed by atoms with van der Waals surface area (Å²) in [5, 5.41) is 0.457. The number of hydrogen-bond acceptors (Lipinski definition) is 5. The summed E-state index contributed by atoms with van der Waals surface area (Å²) >= 11 is 2.67. The number of nitrogens with zero attached hydrogens (tertiary/aromatic N) is 1. The van der Waals surface area contributed by atoms with Crippen molar-refractivity contribution in [2.24, 2.45) is 0 Å². The second-order valence-corrected chi connectivity index (χ2v) is 6.12. The first kappa shape index (κ1) is 13.0. The maximum Gasteiger partial charge on any atom is 0.441 e. The molecule has 1 heterocycles. The second-order valence-electron chi connectivity index (χ2n) is 2.57. The van der Waals surface area contributed by atoms with Crippen LogP contribution in [0.3, 0.4) is 0 Å². The lowest BCUT2D eigenvalue weighted by Crippen LogP contribution is -2.02. The van der Waals surface area contributed by atoms with E-state index in [2.05, 4.69) is 4.98 Å². The molecule has 1 aromatic heterocycles. The van der Waals surface area contributed by atoms with Gasteiger partial charge in [0, 0.05) is 11.5 Å². The van der Waals surface area contributed by atoms with E-state index in [9.17, 15) is 13.2 Å². The van der Waals surface area contributed by atoms with Gasteiger partial charge in [0.2, 0.25) is 0 Å². The molecule has 1 aromatic rings. The van der Waals surface area contributed by atoms with Gasteiger partial charge in [-0.25, -0.2) is 4.98 Å².